The minimum Gasteiger partial charge on any atom is -0.297 e. The molecule has 1 atom stereocenters. The normalized spacial score (nSPS) is 30.2. The summed E-state index contributed by atoms with van der Waals surface area (Å²) >= 11 is 0. The Morgan fingerprint density at radius 2 is 2.00 bits per heavy atom. The van der Waals surface area contributed by atoms with E-state index in [9.17, 15) is 0 Å². The van der Waals surface area contributed by atoms with Crippen molar-refractivity contribution in [3.05, 3.63) is 23.8 Å². The molecule has 0 bridgehead atoms. The van der Waals surface area contributed by atoms with Crippen molar-refractivity contribution in [1.82, 2.24) is 4.90 Å². The van der Waals surface area contributed by atoms with Gasteiger partial charge in [0, 0.05) is 6.04 Å². The molecule has 1 heterocycles. The van der Waals surface area contributed by atoms with E-state index in [0.29, 0.717) is 6.04 Å². The molecule has 72 valence electrons. The van der Waals surface area contributed by atoms with Gasteiger partial charge >= 0.3 is 0 Å². The van der Waals surface area contributed by atoms with Crippen LogP contribution < -0.4 is 0 Å². The molecule has 0 aromatic heterocycles. The second kappa shape index (κ2) is 4.10. The second-order valence-electron chi connectivity index (χ2n) is 4.21. The van der Waals surface area contributed by atoms with Gasteiger partial charge in [0.15, 0.2) is 0 Å². The number of piperidine rings is 1. The Kier molecular flexibility index (Phi) is 2.84. The Hall–Kier alpha value is -0.560. The summed E-state index contributed by atoms with van der Waals surface area (Å²) in [6.45, 7) is 4.82. The smallest absolute Gasteiger partial charge is 0.0318 e. The molecule has 1 heteroatoms. The third-order valence-electron chi connectivity index (χ3n) is 3.07. The monoisotopic (exact) mass is 177 g/mol. The van der Waals surface area contributed by atoms with Gasteiger partial charge in [0.25, 0.3) is 0 Å². The number of nitrogens with zero attached hydrogens (tertiary/aromatic N) is 1. The van der Waals surface area contributed by atoms with Crippen LogP contribution >= 0.6 is 0 Å². The molecule has 1 unspecified atom stereocenters. The summed E-state index contributed by atoms with van der Waals surface area (Å²) in [4.78, 5) is 2.64. The summed E-state index contributed by atoms with van der Waals surface area (Å²) < 4.78 is 0. The fourth-order valence-electron chi connectivity index (χ4n) is 2.32. The predicted octanol–water partition coefficient (Wildman–Crippen LogP) is 2.75. The van der Waals surface area contributed by atoms with Crippen LogP contribution in [0.25, 0.3) is 0 Å². The molecule has 0 radical (unpaired) electrons. The standard InChI is InChI=1S/C12H19N/c1-11-6-5-7-12(10-11)13-8-3-2-4-9-13/h5-6,10,12H,2-4,7-9H2,1H3. The topological polar surface area (TPSA) is 3.24 Å². The average Bonchev–Trinajstić information content (AvgIpc) is 2.19. The third kappa shape index (κ3) is 2.22. The summed E-state index contributed by atoms with van der Waals surface area (Å²) in [7, 11) is 0. The number of likely N-dealkylation sites (tertiary alicyclic amines) is 1. The van der Waals surface area contributed by atoms with Crippen molar-refractivity contribution < 1.29 is 0 Å². The van der Waals surface area contributed by atoms with Gasteiger partial charge < -0.3 is 0 Å². The van der Waals surface area contributed by atoms with Crippen LogP contribution in [0.3, 0.4) is 0 Å². The molecule has 2 aliphatic rings. The van der Waals surface area contributed by atoms with E-state index in [0.717, 1.165) is 0 Å². The Balaban J connectivity index is 1.96. The first-order chi connectivity index (χ1) is 6.36. The average molecular weight is 177 g/mol. The van der Waals surface area contributed by atoms with Gasteiger partial charge in [-0.25, -0.2) is 0 Å². The largest absolute Gasteiger partial charge is 0.297 e. The highest BCUT2D eigenvalue weighted by molar-refractivity contribution is 5.23. The fourth-order valence-corrected chi connectivity index (χ4v) is 2.32. The Bertz CT molecular complexity index is 221. The zero-order valence-corrected chi connectivity index (χ0v) is 8.50. The fraction of sp³-hybridized carbons (Fsp3) is 0.667. The molecule has 13 heavy (non-hydrogen) atoms. The van der Waals surface area contributed by atoms with Gasteiger partial charge in [0.2, 0.25) is 0 Å². The van der Waals surface area contributed by atoms with E-state index >= 15 is 0 Å². The Morgan fingerprint density at radius 3 is 2.69 bits per heavy atom. The summed E-state index contributed by atoms with van der Waals surface area (Å²) in [6.07, 6.45) is 12.4. The van der Waals surface area contributed by atoms with Crippen LogP contribution in [0.1, 0.15) is 32.6 Å². The van der Waals surface area contributed by atoms with E-state index in [4.69, 9.17) is 0 Å². The van der Waals surface area contributed by atoms with Crippen molar-refractivity contribution in [3.8, 4) is 0 Å². The van der Waals surface area contributed by atoms with E-state index in [1.165, 1.54) is 44.3 Å². The predicted molar refractivity (Wildman–Crippen MR) is 56.7 cm³/mol. The number of allylic oxidation sites excluding steroid dienone is 2. The van der Waals surface area contributed by atoms with Crippen LogP contribution in [-0.2, 0) is 0 Å². The summed E-state index contributed by atoms with van der Waals surface area (Å²) in [5, 5.41) is 0. The van der Waals surface area contributed by atoms with Crippen LogP contribution in [0.4, 0.5) is 0 Å². The molecule has 0 amide bonds. The quantitative estimate of drug-likeness (QED) is 0.595. The van der Waals surface area contributed by atoms with Gasteiger partial charge in [-0.2, -0.15) is 0 Å². The van der Waals surface area contributed by atoms with Crippen molar-refractivity contribution in [1.29, 1.82) is 0 Å². The van der Waals surface area contributed by atoms with E-state index < -0.39 is 0 Å². The van der Waals surface area contributed by atoms with Crippen LogP contribution in [-0.4, -0.2) is 24.0 Å². The van der Waals surface area contributed by atoms with Gasteiger partial charge in [-0.1, -0.05) is 30.2 Å². The van der Waals surface area contributed by atoms with E-state index in [-0.39, 0.29) is 0 Å². The molecule has 1 nitrogen and oxygen atoms in total. The van der Waals surface area contributed by atoms with Gasteiger partial charge in [0.05, 0.1) is 0 Å². The minimum atomic E-state index is 0.699. The lowest BCUT2D eigenvalue weighted by atomic mass is 10.00. The zero-order chi connectivity index (χ0) is 9.10. The van der Waals surface area contributed by atoms with E-state index in [1.807, 2.05) is 0 Å². The van der Waals surface area contributed by atoms with Crippen molar-refractivity contribution in [3.63, 3.8) is 0 Å². The number of hydrogen-bond acceptors (Lipinski definition) is 1. The molecule has 2 rings (SSSR count). The van der Waals surface area contributed by atoms with Crippen LogP contribution in [0.5, 0.6) is 0 Å². The lowest BCUT2D eigenvalue weighted by Gasteiger charge is -2.33. The molecular formula is C12H19N. The van der Waals surface area contributed by atoms with Gasteiger partial charge in [0.1, 0.15) is 0 Å². The molecule has 1 aliphatic heterocycles. The van der Waals surface area contributed by atoms with Crippen LogP contribution in [0, 0.1) is 0 Å². The SMILES string of the molecule is CC1=CC(N2CCCCC2)CC=C1. The lowest BCUT2D eigenvalue weighted by molar-refractivity contribution is 0.190. The summed E-state index contributed by atoms with van der Waals surface area (Å²) in [5.74, 6) is 0. The highest BCUT2D eigenvalue weighted by Gasteiger charge is 2.18. The number of hydrogen-bond donors (Lipinski definition) is 0. The van der Waals surface area contributed by atoms with E-state index in [2.05, 4.69) is 30.1 Å². The first-order valence-electron chi connectivity index (χ1n) is 5.45. The molecule has 1 fully saturated rings. The van der Waals surface area contributed by atoms with Crippen molar-refractivity contribution in [2.24, 2.45) is 0 Å². The first-order valence-corrected chi connectivity index (χ1v) is 5.45. The highest BCUT2D eigenvalue weighted by atomic mass is 15.2. The van der Waals surface area contributed by atoms with Gasteiger partial charge in [-0.05, 0) is 39.3 Å². The molecule has 0 saturated carbocycles. The lowest BCUT2D eigenvalue weighted by Crippen LogP contribution is -2.38. The van der Waals surface area contributed by atoms with Crippen LogP contribution in [0.15, 0.2) is 23.8 Å². The third-order valence-corrected chi connectivity index (χ3v) is 3.07. The minimum absolute atomic E-state index is 0.699. The van der Waals surface area contributed by atoms with Crippen molar-refractivity contribution in [2.75, 3.05) is 13.1 Å². The first kappa shape index (κ1) is 9.01. The second-order valence-corrected chi connectivity index (χ2v) is 4.21. The Morgan fingerprint density at radius 1 is 1.23 bits per heavy atom. The summed E-state index contributed by atoms with van der Waals surface area (Å²) in [6, 6.07) is 0.699. The van der Waals surface area contributed by atoms with Crippen molar-refractivity contribution >= 4 is 0 Å². The molecule has 0 aromatic carbocycles. The van der Waals surface area contributed by atoms with Gasteiger partial charge in [-0.15, -0.1) is 0 Å². The number of rotatable bonds is 1. The molecule has 1 saturated heterocycles. The van der Waals surface area contributed by atoms with E-state index in [1.54, 1.807) is 0 Å². The molecule has 0 spiro atoms. The maximum Gasteiger partial charge on any atom is 0.0318 e. The Labute approximate surface area is 81.1 Å². The molecular weight excluding hydrogens is 158 g/mol. The zero-order valence-electron chi connectivity index (χ0n) is 8.50. The maximum absolute atomic E-state index is 2.64. The van der Waals surface area contributed by atoms with Crippen molar-refractivity contribution in [2.45, 2.75) is 38.6 Å². The highest BCUT2D eigenvalue weighted by Crippen LogP contribution is 2.19. The molecule has 0 aromatic rings. The molecule has 0 N–H and O–H groups in total. The van der Waals surface area contributed by atoms with Gasteiger partial charge in [-0.3, -0.25) is 4.90 Å². The van der Waals surface area contributed by atoms with Crippen LogP contribution in [0.2, 0.25) is 0 Å². The summed E-state index contributed by atoms with van der Waals surface area (Å²) in [5.41, 5.74) is 1.43. The maximum atomic E-state index is 2.64. The molecule has 1 aliphatic carbocycles.